The lowest BCUT2D eigenvalue weighted by atomic mass is 10.1. The number of carbonyl (C=O) groups excluding carboxylic acids is 1. The molecule has 3 aromatic heterocycles. The molecule has 4 heterocycles. The highest BCUT2D eigenvalue weighted by Crippen LogP contribution is 2.36. The van der Waals surface area contributed by atoms with Crippen molar-refractivity contribution in [3.8, 4) is 0 Å². The Balaban J connectivity index is 1.38. The number of aryl methyl sites for hydroxylation is 2. The number of thiophene rings is 1. The highest BCUT2D eigenvalue weighted by atomic mass is 32.1. The molecule has 0 aromatic carbocycles. The maximum atomic E-state index is 12.7. The van der Waals surface area contributed by atoms with Crippen molar-refractivity contribution >= 4 is 39.0 Å². The zero-order chi connectivity index (χ0) is 18.4. The average molecular weight is 385 g/mol. The van der Waals surface area contributed by atoms with Crippen LogP contribution < -0.4 is 20.9 Å². The lowest BCUT2D eigenvalue weighted by Gasteiger charge is -2.17. The molecule has 0 unspecified atom stereocenters. The van der Waals surface area contributed by atoms with Gasteiger partial charge in [-0.05, 0) is 50.2 Å². The van der Waals surface area contributed by atoms with E-state index >= 15 is 0 Å². The number of rotatable bonds is 3. The number of nitrogens with one attached hydrogen (secondary N) is 1. The summed E-state index contributed by atoms with van der Waals surface area (Å²) in [6.07, 6.45) is 8.37. The van der Waals surface area contributed by atoms with Crippen LogP contribution >= 0.6 is 11.3 Å². The zero-order valence-corrected chi connectivity index (χ0v) is 15.7. The Hall–Kier alpha value is -2.68. The maximum absolute atomic E-state index is 12.7. The van der Waals surface area contributed by atoms with Crippen molar-refractivity contribution in [2.75, 3.05) is 29.1 Å². The molecule has 5 rings (SSSR count). The van der Waals surface area contributed by atoms with E-state index in [0.717, 1.165) is 61.1 Å². The fourth-order valence-corrected chi connectivity index (χ4v) is 4.84. The Labute approximate surface area is 159 Å². The van der Waals surface area contributed by atoms with Crippen LogP contribution in [0.1, 0.15) is 46.6 Å². The van der Waals surface area contributed by atoms with Crippen LogP contribution in [0.4, 0.5) is 11.6 Å². The molecule has 1 fully saturated rings. The quantitative estimate of drug-likeness (QED) is 0.669. The van der Waals surface area contributed by atoms with E-state index in [4.69, 9.17) is 15.2 Å². The number of anilines is 2. The molecule has 0 radical (unpaired) electrons. The van der Waals surface area contributed by atoms with Crippen molar-refractivity contribution in [2.45, 2.75) is 38.5 Å². The number of amides is 1. The second-order valence-corrected chi connectivity index (χ2v) is 8.10. The van der Waals surface area contributed by atoms with Crippen LogP contribution in [-0.2, 0) is 12.8 Å². The minimum Gasteiger partial charge on any atom is -0.397 e. The summed E-state index contributed by atoms with van der Waals surface area (Å²) in [5.74, 6) is 0.00971. The first-order valence-electron chi connectivity index (χ1n) is 9.35. The SMILES string of the molecule is Nc1c(C(=O)Nc2c[n+](N3CCCCC3)no2)sc2nc3c(cc12)CCC3. The highest BCUT2D eigenvalue weighted by Gasteiger charge is 2.25. The molecule has 9 heteroatoms. The first-order chi connectivity index (χ1) is 13.2. The molecule has 0 bridgehead atoms. The monoisotopic (exact) mass is 385 g/mol. The van der Waals surface area contributed by atoms with Gasteiger partial charge in [-0.15, -0.1) is 11.3 Å². The van der Waals surface area contributed by atoms with Gasteiger partial charge in [0.15, 0.2) is 0 Å². The molecule has 0 atom stereocenters. The number of nitrogens with two attached hydrogens (primary N) is 1. The molecule has 3 aromatic rings. The normalized spacial score (nSPS) is 16.7. The van der Waals surface area contributed by atoms with Crippen molar-refractivity contribution in [1.29, 1.82) is 0 Å². The Kier molecular flexibility index (Phi) is 3.96. The molecular weight excluding hydrogens is 364 g/mol. The summed E-state index contributed by atoms with van der Waals surface area (Å²) in [5.41, 5.74) is 9.12. The van der Waals surface area contributed by atoms with Crippen molar-refractivity contribution in [2.24, 2.45) is 0 Å². The van der Waals surface area contributed by atoms with Crippen molar-refractivity contribution in [3.63, 3.8) is 0 Å². The number of nitrogen functional groups attached to an aromatic ring is 1. The van der Waals surface area contributed by atoms with Gasteiger partial charge in [-0.1, -0.05) is 0 Å². The number of aromatic nitrogens is 3. The molecule has 0 spiro atoms. The minimum atomic E-state index is -0.294. The number of piperidine rings is 1. The summed E-state index contributed by atoms with van der Waals surface area (Å²) >= 11 is 1.32. The summed E-state index contributed by atoms with van der Waals surface area (Å²) in [4.78, 5) is 20.4. The van der Waals surface area contributed by atoms with Crippen LogP contribution in [-0.4, -0.2) is 29.3 Å². The third kappa shape index (κ3) is 2.91. The standard InChI is InChI=1S/C18H20N6O2S/c19-15-12-9-11-5-4-6-13(11)20-18(12)27-16(15)17(25)21-14-10-24(22-26-14)23-7-2-1-3-8-23/h9-10H,1-8H2,(H2-,19,21,22,25)/p+1. The van der Waals surface area contributed by atoms with Gasteiger partial charge >= 0.3 is 5.88 Å². The smallest absolute Gasteiger partial charge is 0.306 e. The van der Waals surface area contributed by atoms with E-state index in [9.17, 15) is 4.79 Å². The Morgan fingerprint density at radius 3 is 2.96 bits per heavy atom. The minimum absolute atomic E-state index is 0.294. The molecule has 1 aliphatic heterocycles. The van der Waals surface area contributed by atoms with Crippen LogP contribution in [0.25, 0.3) is 10.2 Å². The van der Waals surface area contributed by atoms with E-state index in [1.165, 1.54) is 23.3 Å². The van der Waals surface area contributed by atoms with E-state index in [2.05, 4.69) is 21.7 Å². The molecule has 0 saturated carbocycles. The number of pyridine rings is 1. The second-order valence-electron chi connectivity index (χ2n) is 7.10. The molecule has 3 N–H and O–H groups in total. The Bertz CT molecular complexity index is 1020. The molecular formula is C18H21N6O2S+. The van der Waals surface area contributed by atoms with E-state index in [1.807, 2.05) is 0 Å². The van der Waals surface area contributed by atoms with Gasteiger partial charge < -0.3 is 5.73 Å². The zero-order valence-electron chi connectivity index (χ0n) is 14.9. The van der Waals surface area contributed by atoms with Crippen LogP contribution in [0.3, 0.4) is 0 Å². The highest BCUT2D eigenvalue weighted by molar-refractivity contribution is 7.21. The second kappa shape index (κ2) is 6.49. The average Bonchev–Trinajstić information content (AvgIpc) is 3.40. The summed E-state index contributed by atoms with van der Waals surface area (Å²) in [7, 11) is 0. The molecule has 8 nitrogen and oxygen atoms in total. The van der Waals surface area contributed by atoms with Gasteiger partial charge in [-0.3, -0.25) is 14.6 Å². The Morgan fingerprint density at radius 2 is 2.11 bits per heavy atom. The summed E-state index contributed by atoms with van der Waals surface area (Å²) in [5, 5.41) is 9.74. The largest absolute Gasteiger partial charge is 0.397 e. The van der Waals surface area contributed by atoms with Crippen LogP contribution in [0, 0.1) is 0 Å². The van der Waals surface area contributed by atoms with Gasteiger partial charge in [-0.2, -0.15) is 5.01 Å². The molecule has 1 saturated heterocycles. The van der Waals surface area contributed by atoms with E-state index in [0.29, 0.717) is 16.4 Å². The van der Waals surface area contributed by atoms with E-state index in [1.54, 1.807) is 11.0 Å². The van der Waals surface area contributed by atoms with Gasteiger partial charge in [0.25, 0.3) is 12.1 Å². The number of hydrogen-bond donors (Lipinski definition) is 2. The van der Waals surface area contributed by atoms with Crippen molar-refractivity contribution in [3.05, 3.63) is 28.4 Å². The van der Waals surface area contributed by atoms with Gasteiger partial charge in [0.1, 0.15) is 9.71 Å². The molecule has 2 aliphatic rings. The van der Waals surface area contributed by atoms with Gasteiger partial charge in [-0.25, -0.2) is 4.98 Å². The van der Waals surface area contributed by atoms with Crippen molar-refractivity contribution < 1.29 is 14.1 Å². The predicted molar refractivity (Wildman–Crippen MR) is 103 cm³/mol. The first kappa shape index (κ1) is 16.5. The topological polar surface area (TPSA) is 101 Å². The predicted octanol–water partition coefficient (Wildman–Crippen LogP) is 2.02. The fourth-order valence-electron chi connectivity index (χ4n) is 3.84. The molecule has 27 heavy (non-hydrogen) atoms. The third-order valence-corrected chi connectivity index (χ3v) is 6.38. The Morgan fingerprint density at radius 1 is 1.26 bits per heavy atom. The summed E-state index contributed by atoms with van der Waals surface area (Å²) in [6.45, 7) is 1.87. The molecule has 140 valence electrons. The summed E-state index contributed by atoms with van der Waals surface area (Å²) in [6, 6.07) is 2.09. The van der Waals surface area contributed by atoms with Crippen LogP contribution in [0.15, 0.2) is 16.8 Å². The van der Waals surface area contributed by atoms with E-state index < -0.39 is 0 Å². The number of nitrogens with zero attached hydrogens (tertiary/aromatic N) is 4. The number of fused-ring (bicyclic) bond motifs is 2. The van der Waals surface area contributed by atoms with E-state index in [-0.39, 0.29) is 5.91 Å². The maximum Gasteiger partial charge on any atom is 0.306 e. The number of hydrogen-bond acceptors (Lipinski definition) is 7. The lowest BCUT2D eigenvalue weighted by Crippen LogP contribution is -2.60. The van der Waals surface area contributed by atoms with Gasteiger partial charge in [0.05, 0.1) is 23.6 Å². The molecule has 1 aliphatic carbocycles. The molecule has 1 amide bonds. The van der Waals surface area contributed by atoms with Crippen LogP contribution in [0.5, 0.6) is 0 Å². The number of carbonyl (C=O) groups is 1. The third-order valence-electron chi connectivity index (χ3n) is 5.27. The lowest BCUT2D eigenvalue weighted by molar-refractivity contribution is -0.759. The fraction of sp³-hybridized carbons (Fsp3) is 0.444. The van der Waals surface area contributed by atoms with Crippen molar-refractivity contribution in [1.82, 2.24) is 10.3 Å². The van der Waals surface area contributed by atoms with Crippen LogP contribution in [0.2, 0.25) is 0 Å². The van der Waals surface area contributed by atoms with Gasteiger partial charge in [0, 0.05) is 11.1 Å². The first-order valence-corrected chi connectivity index (χ1v) is 10.2. The summed E-state index contributed by atoms with van der Waals surface area (Å²) < 4.78 is 5.28. The van der Waals surface area contributed by atoms with Gasteiger partial charge in [0.2, 0.25) is 5.27 Å².